The van der Waals surface area contributed by atoms with Crippen LogP contribution < -0.4 is 5.06 Å². The van der Waals surface area contributed by atoms with Gasteiger partial charge in [0.05, 0.1) is 12.8 Å². The zero-order valence-electron chi connectivity index (χ0n) is 7.29. The second kappa shape index (κ2) is 3.25. The monoisotopic (exact) mass is 171 g/mol. The molecule has 0 saturated carbocycles. The Balaban J connectivity index is 2.66. The second-order valence-electron chi connectivity index (χ2n) is 3.02. The molecule has 1 rings (SSSR count). The van der Waals surface area contributed by atoms with E-state index < -0.39 is 11.5 Å². The lowest BCUT2D eigenvalue weighted by atomic mass is 10.0. The lowest BCUT2D eigenvalue weighted by Gasteiger charge is -2.30. The van der Waals surface area contributed by atoms with E-state index in [-0.39, 0.29) is 5.06 Å². The van der Waals surface area contributed by atoms with Crippen molar-refractivity contribution in [3.05, 3.63) is 17.5 Å². The molecule has 0 spiro atoms. The Morgan fingerprint density at radius 3 is 2.92 bits per heavy atom. The minimum Gasteiger partial charge on any atom is -0.628 e. The number of rotatable bonds is 2. The van der Waals surface area contributed by atoms with E-state index in [1.807, 2.05) is 0 Å². The summed E-state index contributed by atoms with van der Waals surface area (Å²) in [5, 5.41) is 11.1. The van der Waals surface area contributed by atoms with Crippen molar-refractivity contribution in [2.45, 2.75) is 25.8 Å². The highest BCUT2D eigenvalue weighted by Gasteiger charge is 2.42. The minimum absolute atomic E-state index is 0.152. The van der Waals surface area contributed by atoms with Gasteiger partial charge in [-0.05, 0) is 13.0 Å². The first-order chi connectivity index (χ1) is 5.61. The van der Waals surface area contributed by atoms with Crippen LogP contribution in [-0.4, -0.2) is 18.1 Å². The highest BCUT2D eigenvalue weighted by molar-refractivity contribution is 5.79. The first-order valence-corrected chi connectivity index (χ1v) is 3.99. The second-order valence-corrected chi connectivity index (χ2v) is 3.02. The van der Waals surface area contributed by atoms with E-state index in [2.05, 4.69) is 0 Å². The van der Waals surface area contributed by atoms with Crippen LogP contribution in [0, 0.1) is 5.21 Å². The van der Waals surface area contributed by atoms with E-state index in [0.29, 0.717) is 13.0 Å². The van der Waals surface area contributed by atoms with Crippen molar-refractivity contribution in [1.82, 2.24) is 0 Å². The molecule has 0 saturated heterocycles. The number of esters is 1. The predicted molar refractivity (Wildman–Crippen MR) is 43.1 cm³/mol. The number of carbonyl (C=O) groups excluding carboxylic acids is 1. The Bertz CT molecular complexity index is 214. The highest BCUT2D eigenvalue weighted by atomic mass is 16.6. The lowest BCUT2D eigenvalue weighted by Crippen LogP contribution is -3.11. The van der Waals surface area contributed by atoms with E-state index >= 15 is 0 Å². The molecular formula is C8H13NO3. The fraction of sp³-hybridized carbons (Fsp3) is 0.625. The van der Waals surface area contributed by atoms with Crippen molar-refractivity contribution in [2.24, 2.45) is 0 Å². The van der Waals surface area contributed by atoms with Gasteiger partial charge in [0.1, 0.15) is 0 Å². The number of hydroxylamine groups is 2. The summed E-state index contributed by atoms with van der Waals surface area (Å²) in [5.41, 5.74) is -0.948. The van der Waals surface area contributed by atoms with Crippen LogP contribution in [0.2, 0.25) is 0 Å². The Morgan fingerprint density at radius 2 is 2.50 bits per heavy atom. The maximum absolute atomic E-state index is 11.3. The third-order valence-corrected chi connectivity index (χ3v) is 2.07. The summed E-state index contributed by atoms with van der Waals surface area (Å²) in [6.07, 6.45) is 3.61. The molecule has 2 unspecified atom stereocenters. The molecule has 0 amide bonds. The van der Waals surface area contributed by atoms with Crippen LogP contribution in [0.25, 0.3) is 0 Å². The number of quaternary nitrogens is 1. The van der Waals surface area contributed by atoms with Crippen molar-refractivity contribution in [2.75, 3.05) is 6.61 Å². The molecular weight excluding hydrogens is 158 g/mol. The summed E-state index contributed by atoms with van der Waals surface area (Å²) in [4.78, 5) is 11.3. The normalized spacial score (nSPS) is 33.8. The molecule has 0 aromatic carbocycles. The van der Waals surface area contributed by atoms with Gasteiger partial charge in [0.2, 0.25) is 5.54 Å². The summed E-state index contributed by atoms with van der Waals surface area (Å²) in [7, 11) is 0. The average Bonchev–Trinajstić information content (AvgIpc) is 2.34. The maximum atomic E-state index is 11.3. The van der Waals surface area contributed by atoms with Crippen molar-refractivity contribution >= 4 is 5.97 Å². The third-order valence-electron chi connectivity index (χ3n) is 2.07. The van der Waals surface area contributed by atoms with Gasteiger partial charge in [-0.2, -0.15) is 0 Å². The summed E-state index contributed by atoms with van der Waals surface area (Å²) in [6.45, 7) is 3.67. The van der Waals surface area contributed by atoms with Gasteiger partial charge < -0.3 is 15.0 Å². The summed E-state index contributed by atoms with van der Waals surface area (Å²) in [5.74, 6) is -0.417. The molecule has 12 heavy (non-hydrogen) atoms. The van der Waals surface area contributed by atoms with Gasteiger partial charge >= 0.3 is 5.97 Å². The van der Waals surface area contributed by atoms with E-state index in [1.165, 1.54) is 6.20 Å². The van der Waals surface area contributed by atoms with Crippen LogP contribution in [0.1, 0.15) is 20.3 Å². The van der Waals surface area contributed by atoms with Crippen molar-refractivity contribution in [1.29, 1.82) is 0 Å². The van der Waals surface area contributed by atoms with Crippen molar-refractivity contribution in [3.63, 3.8) is 0 Å². The van der Waals surface area contributed by atoms with Gasteiger partial charge in [0, 0.05) is 13.3 Å². The third kappa shape index (κ3) is 1.35. The SMILES string of the molecule is CCOC(=O)C1(C)CC=C[NH+]1[O-]. The van der Waals surface area contributed by atoms with E-state index in [0.717, 1.165) is 0 Å². The van der Waals surface area contributed by atoms with Crippen molar-refractivity contribution < 1.29 is 14.6 Å². The highest BCUT2D eigenvalue weighted by Crippen LogP contribution is 2.12. The maximum Gasteiger partial charge on any atom is 0.368 e. The van der Waals surface area contributed by atoms with E-state index in [4.69, 9.17) is 4.74 Å². The fourth-order valence-electron chi connectivity index (χ4n) is 1.16. The summed E-state index contributed by atoms with van der Waals surface area (Å²) in [6, 6.07) is 0. The Hall–Kier alpha value is -0.870. The standard InChI is InChI=1S/C8H13NO3/c1-3-12-7(10)8(2)5-4-6-9(8)11/h4,6,9H,3,5H2,1-2H3. The van der Waals surface area contributed by atoms with Crippen LogP contribution in [0.15, 0.2) is 12.3 Å². The Morgan fingerprint density at radius 1 is 1.83 bits per heavy atom. The fourth-order valence-corrected chi connectivity index (χ4v) is 1.16. The average molecular weight is 171 g/mol. The molecule has 0 radical (unpaired) electrons. The molecule has 1 aliphatic rings. The first-order valence-electron chi connectivity index (χ1n) is 3.99. The molecule has 0 aromatic rings. The molecule has 1 heterocycles. The molecule has 4 heteroatoms. The smallest absolute Gasteiger partial charge is 0.368 e. The number of carbonyl (C=O) groups is 1. The molecule has 0 aliphatic carbocycles. The minimum atomic E-state index is -0.948. The quantitative estimate of drug-likeness (QED) is 0.454. The zero-order chi connectivity index (χ0) is 9.19. The largest absolute Gasteiger partial charge is 0.628 e. The zero-order valence-corrected chi connectivity index (χ0v) is 7.29. The molecule has 1 N–H and O–H groups in total. The van der Waals surface area contributed by atoms with Crippen LogP contribution in [-0.2, 0) is 9.53 Å². The van der Waals surface area contributed by atoms with Crippen LogP contribution in [0.3, 0.4) is 0 Å². The van der Waals surface area contributed by atoms with Gasteiger partial charge in [-0.25, -0.2) is 4.79 Å². The van der Waals surface area contributed by atoms with Gasteiger partial charge in [-0.15, -0.1) is 0 Å². The molecule has 0 bridgehead atoms. The van der Waals surface area contributed by atoms with E-state index in [1.54, 1.807) is 19.9 Å². The van der Waals surface area contributed by atoms with Crippen LogP contribution >= 0.6 is 0 Å². The molecule has 1 aliphatic heterocycles. The van der Waals surface area contributed by atoms with E-state index in [9.17, 15) is 10.0 Å². The summed E-state index contributed by atoms with van der Waals surface area (Å²) < 4.78 is 4.80. The summed E-state index contributed by atoms with van der Waals surface area (Å²) >= 11 is 0. The van der Waals surface area contributed by atoms with Crippen LogP contribution in [0.5, 0.6) is 0 Å². The molecule has 2 atom stereocenters. The van der Waals surface area contributed by atoms with Crippen LogP contribution in [0.4, 0.5) is 0 Å². The Kier molecular flexibility index (Phi) is 2.49. The number of hydrogen-bond acceptors (Lipinski definition) is 3. The van der Waals surface area contributed by atoms with Gasteiger partial charge in [0.15, 0.2) is 0 Å². The topological polar surface area (TPSA) is 53.8 Å². The molecule has 4 nitrogen and oxygen atoms in total. The molecule has 0 fully saturated rings. The number of ether oxygens (including phenoxy) is 1. The van der Waals surface area contributed by atoms with Gasteiger partial charge in [-0.1, -0.05) is 0 Å². The number of nitrogens with one attached hydrogen (secondary N) is 1. The molecule has 0 aromatic heterocycles. The number of hydrogen-bond donors (Lipinski definition) is 1. The Labute approximate surface area is 71.4 Å². The lowest BCUT2D eigenvalue weighted by molar-refractivity contribution is -0.832. The van der Waals surface area contributed by atoms with Crippen molar-refractivity contribution in [3.8, 4) is 0 Å². The predicted octanol–water partition coefficient (Wildman–Crippen LogP) is -0.392. The first kappa shape index (κ1) is 9.22. The molecule has 68 valence electrons. The van der Waals surface area contributed by atoms with Gasteiger partial charge in [-0.3, -0.25) is 0 Å². The van der Waals surface area contributed by atoms with Gasteiger partial charge in [0.25, 0.3) is 0 Å².